The van der Waals surface area contributed by atoms with Crippen molar-refractivity contribution in [2.75, 3.05) is 14.2 Å². The van der Waals surface area contributed by atoms with Gasteiger partial charge in [0.25, 0.3) is 0 Å². The minimum Gasteiger partial charge on any atom is -0.741 e. The van der Waals surface area contributed by atoms with Crippen LogP contribution in [-0.2, 0) is 50.3 Å². The number of aliphatic hydroxyl groups is 2. The van der Waals surface area contributed by atoms with Crippen LogP contribution in [0.1, 0.15) is 152 Å². The van der Waals surface area contributed by atoms with E-state index >= 15 is 0 Å². The minimum absolute atomic E-state index is 0. The summed E-state index contributed by atoms with van der Waals surface area (Å²) in [7, 11) is -4.09. The average Bonchev–Trinajstić information content (AvgIpc) is 1.62. The van der Waals surface area contributed by atoms with Gasteiger partial charge in [-0.3, -0.25) is 4.98 Å². The van der Waals surface area contributed by atoms with Crippen LogP contribution in [0.4, 0.5) is 13.2 Å². The molecule has 0 atom stereocenters. The van der Waals surface area contributed by atoms with Gasteiger partial charge < -0.3 is 48.5 Å². The first-order valence-electron chi connectivity index (χ1n) is 38.1. The van der Waals surface area contributed by atoms with E-state index in [2.05, 4.69) is 253 Å². The fourth-order valence-corrected chi connectivity index (χ4v) is 11.6. The topological polar surface area (TPSA) is 201 Å². The number of alkyl halides is 3. The molecule has 8 heterocycles. The first-order chi connectivity index (χ1) is 55.8. The van der Waals surface area contributed by atoms with Gasteiger partial charge in [0.05, 0.1) is 11.3 Å². The number of aliphatic hydroxyl groups excluding tert-OH is 2. The molecule has 0 bridgehead atoms. The minimum atomic E-state index is -6.09. The van der Waals surface area contributed by atoms with Crippen LogP contribution in [0.15, 0.2) is 295 Å². The fourth-order valence-electron chi connectivity index (χ4n) is 11.6. The number of nitrogens with zero attached hydrogens (tertiary/aromatic N) is 6. The van der Waals surface area contributed by atoms with E-state index in [1.54, 1.807) is 0 Å². The van der Waals surface area contributed by atoms with Gasteiger partial charge >= 0.3 is 45.7 Å². The molecule has 13 nitrogen and oxygen atoms in total. The van der Waals surface area contributed by atoms with E-state index in [0.717, 1.165) is 126 Å². The van der Waals surface area contributed by atoms with Crippen LogP contribution in [0.2, 0.25) is 0 Å². The van der Waals surface area contributed by atoms with Crippen molar-refractivity contribution in [2.24, 2.45) is 0 Å². The molecule has 16 rings (SSSR count). The van der Waals surface area contributed by atoms with E-state index in [-0.39, 0.29) is 40.2 Å². The molecule has 118 heavy (non-hydrogen) atoms. The third kappa shape index (κ3) is 27.4. The standard InChI is InChI=1S/C20H17NO.C20H16NO.4C14H14N.CHF3O3S.2CH4O.2Ir/c2*1-13(2)14-10-11-21-18(12-14)17-8-5-7-16-15-6-3-4-9-19(15)22-20(16)17;4*1-11(2)13-8-9-14(15-10-13)12-6-4-3-5-7-12;2-1(3,4)8(5,6)7;2*1-2;;/h3-13H,1-2H3;3-7,9-13H,1-2H3;4*3-6,8-11H,1-2H3;(H,5,6,7);2*2H,1H3;;/q;5*-1;;;;2*+3/p-1. The van der Waals surface area contributed by atoms with Crippen LogP contribution in [-0.4, -0.2) is 72.8 Å². The van der Waals surface area contributed by atoms with E-state index < -0.39 is 15.6 Å². The molecule has 610 valence electrons. The summed E-state index contributed by atoms with van der Waals surface area (Å²) in [5, 5.41) is 18.5. The summed E-state index contributed by atoms with van der Waals surface area (Å²) in [5.41, 5.74) is 17.6. The Morgan fingerprint density at radius 2 is 0.636 bits per heavy atom. The normalized spacial score (nSPS) is 10.8. The number of fused-ring (bicyclic) bond motifs is 6. The third-order valence-corrected chi connectivity index (χ3v) is 18.8. The molecule has 0 aliphatic carbocycles. The maximum absolute atomic E-state index is 10.7. The van der Waals surface area contributed by atoms with Gasteiger partial charge in [0.1, 0.15) is 16.7 Å². The van der Waals surface area contributed by atoms with Crippen LogP contribution >= 0.6 is 0 Å². The first kappa shape index (κ1) is 96.0. The second-order valence-electron chi connectivity index (χ2n) is 28.3. The third-order valence-electron chi connectivity index (χ3n) is 18.2. The second-order valence-corrected chi connectivity index (χ2v) is 29.6. The van der Waals surface area contributed by atoms with Crippen LogP contribution in [0, 0.1) is 30.3 Å². The summed E-state index contributed by atoms with van der Waals surface area (Å²) in [5.74, 6) is 3.09. The zero-order valence-corrected chi connectivity index (χ0v) is 74.0. The molecule has 0 amide bonds. The summed E-state index contributed by atoms with van der Waals surface area (Å²) in [6.07, 6.45) is 11.5. The first-order valence-corrected chi connectivity index (χ1v) is 39.5. The molecule has 0 radical (unpaired) electrons. The largest absolute Gasteiger partial charge is 3.00 e. The SMILES string of the molecule is CC(C)c1ccc(-c2[c-]cccc2)nc1.CC(C)c1ccc(-c2[c-]cccc2)nc1.CC(C)c1ccc(-c2[c-]cccc2)nc1.CC(C)c1ccc(-c2[c-]cccc2)nc1.CC(C)c1ccnc(-c2[c-]ccc3c2oc2ccccc23)c1.CC(C)c1ccnc(-c2cccc3c2oc2ccccc23)c1.CO.CO.O=S(=O)([O-])C(F)(F)F.[Ir+3].[Ir+3]. The van der Waals surface area contributed by atoms with Crippen LogP contribution in [0.25, 0.3) is 111 Å². The Kier molecular flexibility index (Phi) is 38.7. The van der Waals surface area contributed by atoms with Crippen molar-refractivity contribution >= 4 is 54.0 Å². The molecule has 0 saturated heterocycles. The maximum atomic E-state index is 10.7. The number of aromatic nitrogens is 6. The van der Waals surface area contributed by atoms with Gasteiger partial charge in [-0.1, -0.05) is 203 Å². The van der Waals surface area contributed by atoms with Crippen LogP contribution < -0.4 is 0 Å². The predicted octanol–water partition coefficient (Wildman–Crippen LogP) is 25.3. The van der Waals surface area contributed by atoms with Gasteiger partial charge in [-0.05, 0) is 128 Å². The molecule has 8 aromatic heterocycles. The van der Waals surface area contributed by atoms with Crippen LogP contribution in [0.3, 0.4) is 0 Å². The van der Waals surface area contributed by atoms with Crippen molar-refractivity contribution in [2.45, 2.75) is 124 Å². The van der Waals surface area contributed by atoms with E-state index in [9.17, 15) is 13.2 Å². The Bertz CT molecular complexity index is 5220. The zero-order chi connectivity index (χ0) is 83.9. The van der Waals surface area contributed by atoms with Gasteiger partial charge in [0.2, 0.25) is 0 Å². The van der Waals surface area contributed by atoms with Gasteiger partial charge in [0, 0.05) is 73.1 Å². The molecule has 2 N–H and O–H groups in total. The van der Waals surface area contributed by atoms with Gasteiger partial charge in [-0.15, -0.1) is 162 Å². The number of hydrogen-bond donors (Lipinski definition) is 2. The molecule has 8 aromatic carbocycles. The number of benzene rings is 8. The number of rotatable bonds is 12. The van der Waals surface area contributed by atoms with Crippen molar-refractivity contribution < 1.29 is 85.4 Å². The quantitative estimate of drug-likeness (QED) is 0.0665. The summed E-state index contributed by atoms with van der Waals surface area (Å²) in [6.45, 7) is 26.1. The molecular formula is C99H97F3Ir2N6O7S. The molecule has 0 aliphatic rings. The van der Waals surface area contributed by atoms with Crippen molar-refractivity contribution in [1.29, 1.82) is 0 Å². The Balaban J connectivity index is 0.000000215. The average molecular weight is 1960 g/mol. The number of pyridine rings is 6. The van der Waals surface area contributed by atoms with E-state index in [4.69, 9.17) is 32.0 Å². The summed E-state index contributed by atoms with van der Waals surface area (Å²) >= 11 is 0. The Morgan fingerprint density at radius 1 is 0.331 bits per heavy atom. The van der Waals surface area contributed by atoms with E-state index in [0.29, 0.717) is 35.5 Å². The summed E-state index contributed by atoms with van der Waals surface area (Å²) in [4.78, 5) is 26.8. The molecule has 16 aromatic rings. The predicted molar refractivity (Wildman–Crippen MR) is 463 cm³/mol. The Morgan fingerprint density at radius 3 is 0.949 bits per heavy atom. The van der Waals surface area contributed by atoms with Gasteiger partial charge in [-0.25, -0.2) is 8.42 Å². The molecule has 0 spiro atoms. The molecule has 0 unspecified atom stereocenters. The summed E-state index contributed by atoms with van der Waals surface area (Å²) in [6, 6.07) is 99.3. The van der Waals surface area contributed by atoms with E-state index in [1.165, 1.54) is 33.4 Å². The molecule has 19 heteroatoms. The Labute approximate surface area is 719 Å². The van der Waals surface area contributed by atoms with Gasteiger partial charge in [0.15, 0.2) is 10.1 Å². The second kappa shape index (κ2) is 47.5. The molecule has 0 fully saturated rings. The van der Waals surface area contributed by atoms with Gasteiger partial charge in [-0.2, -0.15) is 13.2 Å². The molecule has 0 aliphatic heterocycles. The number of halogens is 3. The van der Waals surface area contributed by atoms with Crippen molar-refractivity contribution in [3.63, 3.8) is 0 Å². The van der Waals surface area contributed by atoms with Crippen molar-refractivity contribution in [3.05, 3.63) is 350 Å². The number of para-hydroxylation sites is 3. The van der Waals surface area contributed by atoms with Crippen molar-refractivity contribution in [3.8, 4) is 67.5 Å². The van der Waals surface area contributed by atoms with Crippen LogP contribution in [0.5, 0.6) is 0 Å². The zero-order valence-electron chi connectivity index (χ0n) is 68.4. The van der Waals surface area contributed by atoms with E-state index in [1.807, 2.05) is 177 Å². The Hall–Kier alpha value is -10.8. The number of furan rings is 2. The fraction of sp³-hybridized carbons (Fsp3) is 0.212. The molecule has 0 saturated carbocycles. The maximum Gasteiger partial charge on any atom is 3.00 e. The van der Waals surface area contributed by atoms with Crippen molar-refractivity contribution in [1.82, 2.24) is 29.9 Å². The number of hydrogen-bond acceptors (Lipinski definition) is 13. The smallest absolute Gasteiger partial charge is 0.741 e. The molecular weight excluding hydrogens is 1860 g/mol. The monoisotopic (exact) mass is 1960 g/mol. The summed E-state index contributed by atoms with van der Waals surface area (Å²) < 4.78 is 71.1.